The summed E-state index contributed by atoms with van der Waals surface area (Å²) in [5.41, 5.74) is -0.360. The van der Waals surface area contributed by atoms with Crippen LogP contribution in [0.25, 0.3) is 0 Å². The molecule has 0 radical (unpaired) electrons. The Morgan fingerprint density at radius 1 is 1.33 bits per heavy atom. The Morgan fingerprint density at radius 3 is 2.72 bits per heavy atom. The van der Waals surface area contributed by atoms with E-state index < -0.39 is 11.8 Å². The Labute approximate surface area is 105 Å². The summed E-state index contributed by atoms with van der Waals surface area (Å²) in [6.45, 7) is 3.51. The van der Waals surface area contributed by atoms with Gasteiger partial charge in [0.1, 0.15) is 18.2 Å². The van der Waals surface area contributed by atoms with E-state index in [9.17, 15) is 9.18 Å². The second-order valence-corrected chi connectivity index (χ2v) is 3.76. The lowest BCUT2D eigenvalue weighted by molar-refractivity contribution is 0.0691. The van der Waals surface area contributed by atoms with Crippen molar-refractivity contribution in [2.45, 2.75) is 19.8 Å². The van der Waals surface area contributed by atoms with E-state index in [0.717, 1.165) is 18.9 Å². The molecule has 0 fully saturated rings. The van der Waals surface area contributed by atoms with Crippen molar-refractivity contribution in [3.05, 3.63) is 29.6 Å². The minimum Gasteiger partial charge on any atom is -0.491 e. The molecule has 1 aromatic carbocycles. The van der Waals surface area contributed by atoms with Gasteiger partial charge in [0.25, 0.3) is 0 Å². The lowest BCUT2D eigenvalue weighted by atomic mass is 10.2. The Kier molecular flexibility index (Phi) is 6.14. The molecule has 18 heavy (non-hydrogen) atoms. The van der Waals surface area contributed by atoms with Gasteiger partial charge in [0.15, 0.2) is 0 Å². The molecule has 0 unspecified atom stereocenters. The van der Waals surface area contributed by atoms with Crippen LogP contribution < -0.4 is 4.74 Å². The third-order valence-electron chi connectivity index (χ3n) is 2.31. The highest BCUT2D eigenvalue weighted by Crippen LogP contribution is 2.16. The standard InChI is InChI=1S/C13H17FO4/c1-2-3-6-17-7-8-18-10-4-5-11(13(15)16)12(14)9-10/h4-5,9H,2-3,6-8H2,1H3,(H,15,16). The van der Waals surface area contributed by atoms with Gasteiger partial charge >= 0.3 is 5.97 Å². The molecule has 0 heterocycles. The van der Waals surface area contributed by atoms with E-state index >= 15 is 0 Å². The lowest BCUT2D eigenvalue weighted by Gasteiger charge is -2.07. The van der Waals surface area contributed by atoms with E-state index in [1.165, 1.54) is 12.1 Å². The molecule has 5 heteroatoms. The molecule has 1 rings (SSSR count). The highest BCUT2D eigenvalue weighted by Gasteiger charge is 2.10. The van der Waals surface area contributed by atoms with Gasteiger partial charge in [0, 0.05) is 12.7 Å². The Hall–Kier alpha value is -1.62. The van der Waals surface area contributed by atoms with Crippen LogP contribution in [0.1, 0.15) is 30.1 Å². The largest absolute Gasteiger partial charge is 0.491 e. The number of hydrogen-bond acceptors (Lipinski definition) is 3. The molecule has 1 aromatic rings. The molecule has 0 spiro atoms. The van der Waals surface area contributed by atoms with Crippen molar-refractivity contribution in [3.63, 3.8) is 0 Å². The maximum atomic E-state index is 13.3. The molecule has 0 aromatic heterocycles. The summed E-state index contributed by atoms with van der Waals surface area (Å²) >= 11 is 0. The van der Waals surface area contributed by atoms with E-state index in [4.69, 9.17) is 14.6 Å². The van der Waals surface area contributed by atoms with Crippen LogP contribution >= 0.6 is 0 Å². The van der Waals surface area contributed by atoms with Gasteiger partial charge in [-0.2, -0.15) is 0 Å². The predicted molar refractivity (Wildman–Crippen MR) is 64.6 cm³/mol. The number of carbonyl (C=O) groups is 1. The monoisotopic (exact) mass is 256 g/mol. The average Bonchev–Trinajstić information content (AvgIpc) is 2.33. The fourth-order valence-corrected chi connectivity index (χ4v) is 1.33. The van der Waals surface area contributed by atoms with Crippen molar-refractivity contribution >= 4 is 5.97 Å². The fourth-order valence-electron chi connectivity index (χ4n) is 1.33. The maximum absolute atomic E-state index is 13.3. The first-order valence-corrected chi connectivity index (χ1v) is 5.88. The van der Waals surface area contributed by atoms with Crippen LogP contribution in [0.5, 0.6) is 5.75 Å². The molecule has 0 saturated heterocycles. The maximum Gasteiger partial charge on any atom is 0.338 e. The third-order valence-corrected chi connectivity index (χ3v) is 2.31. The molecule has 0 amide bonds. The van der Waals surface area contributed by atoms with Crippen molar-refractivity contribution < 1.29 is 23.8 Å². The second kappa shape index (κ2) is 7.66. The van der Waals surface area contributed by atoms with Crippen LogP contribution in [0.2, 0.25) is 0 Å². The van der Waals surface area contributed by atoms with Gasteiger partial charge in [-0.05, 0) is 18.6 Å². The van der Waals surface area contributed by atoms with E-state index in [2.05, 4.69) is 6.92 Å². The molecule has 0 saturated carbocycles. The van der Waals surface area contributed by atoms with Crippen LogP contribution in [-0.2, 0) is 4.74 Å². The summed E-state index contributed by atoms with van der Waals surface area (Å²) in [4.78, 5) is 10.6. The Morgan fingerprint density at radius 2 is 2.11 bits per heavy atom. The highest BCUT2D eigenvalue weighted by molar-refractivity contribution is 5.88. The van der Waals surface area contributed by atoms with Crippen molar-refractivity contribution in [3.8, 4) is 5.75 Å². The topological polar surface area (TPSA) is 55.8 Å². The third kappa shape index (κ3) is 4.71. The summed E-state index contributed by atoms with van der Waals surface area (Å²) in [6, 6.07) is 3.68. The molecular formula is C13H17FO4. The molecule has 4 nitrogen and oxygen atoms in total. The summed E-state index contributed by atoms with van der Waals surface area (Å²) in [5, 5.41) is 8.65. The van der Waals surface area contributed by atoms with Gasteiger partial charge in [0.05, 0.1) is 12.2 Å². The molecular weight excluding hydrogens is 239 g/mol. The van der Waals surface area contributed by atoms with Crippen molar-refractivity contribution in [1.82, 2.24) is 0 Å². The fraction of sp³-hybridized carbons (Fsp3) is 0.462. The summed E-state index contributed by atoms with van der Waals surface area (Å²) in [7, 11) is 0. The van der Waals surface area contributed by atoms with Gasteiger partial charge in [-0.3, -0.25) is 0 Å². The molecule has 1 N–H and O–H groups in total. The number of carboxylic acid groups (broad SMARTS) is 1. The van der Waals surface area contributed by atoms with Crippen molar-refractivity contribution in [2.75, 3.05) is 19.8 Å². The van der Waals surface area contributed by atoms with Gasteiger partial charge < -0.3 is 14.6 Å². The zero-order valence-electron chi connectivity index (χ0n) is 10.3. The smallest absolute Gasteiger partial charge is 0.338 e. The summed E-state index contributed by atoms with van der Waals surface area (Å²) in [6.07, 6.45) is 2.07. The van der Waals surface area contributed by atoms with Crippen LogP contribution in [0.15, 0.2) is 18.2 Å². The van der Waals surface area contributed by atoms with E-state index in [0.29, 0.717) is 25.6 Å². The number of ether oxygens (including phenoxy) is 2. The van der Waals surface area contributed by atoms with Crippen LogP contribution in [-0.4, -0.2) is 30.9 Å². The molecule has 0 atom stereocenters. The SMILES string of the molecule is CCCCOCCOc1ccc(C(=O)O)c(F)c1. The first-order valence-electron chi connectivity index (χ1n) is 5.88. The molecule has 100 valence electrons. The van der Waals surface area contributed by atoms with E-state index in [1.807, 2.05) is 0 Å². The zero-order valence-corrected chi connectivity index (χ0v) is 10.3. The normalized spacial score (nSPS) is 10.3. The number of carboxylic acids is 1. The highest BCUT2D eigenvalue weighted by atomic mass is 19.1. The van der Waals surface area contributed by atoms with Crippen molar-refractivity contribution in [2.24, 2.45) is 0 Å². The van der Waals surface area contributed by atoms with Crippen LogP contribution in [0.4, 0.5) is 4.39 Å². The number of unbranched alkanes of at least 4 members (excludes halogenated alkanes) is 1. The number of hydrogen-bond donors (Lipinski definition) is 1. The molecule has 0 bridgehead atoms. The van der Waals surface area contributed by atoms with Gasteiger partial charge in [0.2, 0.25) is 0 Å². The minimum absolute atomic E-state index is 0.302. The number of aromatic carboxylic acids is 1. The van der Waals surface area contributed by atoms with Crippen LogP contribution in [0, 0.1) is 5.82 Å². The zero-order chi connectivity index (χ0) is 13.4. The number of halogens is 1. The molecule has 0 aliphatic rings. The van der Waals surface area contributed by atoms with Crippen LogP contribution in [0.3, 0.4) is 0 Å². The van der Waals surface area contributed by atoms with Gasteiger partial charge in [-0.25, -0.2) is 9.18 Å². The molecule has 0 aliphatic carbocycles. The molecule has 0 aliphatic heterocycles. The lowest BCUT2D eigenvalue weighted by Crippen LogP contribution is -2.08. The second-order valence-electron chi connectivity index (χ2n) is 3.76. The Bertz CT molecular complexity index is 393. The summed E-state index contributed by atoms with van der Waals surface area (Å²) in [5.74, 6) is -1.79. The van der Waals surface area contributed by atoms with E-state index in [-0.39, 0.29) is 5.56 Å². The average molecular weight is 256 g/mol. The number of benzene rings is 1. The Balaban J connectivity index is 2.35. The van der Waals surface area contributed by atoms with Crippen molar-refractivity contribution in [1.29, 1.82) is 0 Å². The van der Waals surface area contributed by atoms with E-state index in [1.54, 1.807) is 0 Å². The minimum atomic E-state index is -1.29. The quantitative estimate of drug-likeness (QED) is 0.726. The summed E-state index contributed by atoms with van der Waals surface area (Å²) < 4.78 is 23.8. The first-order chi connectivity index (χ1) is 8.65. The predicted octanol–water partition coefficient (Wildman–Crippen LogP) is 2.72. The van der Waals surface area contributed by atoms with Gasteiger partial charge in [-0.15, -0.1) is 0 Å². The van der Waals surface area contributed by atoms with Gasteiger partial charge in [-0.1, -0.05) is 13.3 Å². The number of rotatable bonds is 8. The first kappa shape index (κ1) is 14.4.